The Labute approximate surface area is 240 Å². The molecule has 0 bridgehead atoms. The normalized spacial score (nSPS) is 22.4. The highest BCUT2D eigenvalue weighted by atomic mass is 16.7. The van der Waals surface area contributed by atoms with Crippen LogP contribution in [-0.4, -0.2) is 121 Å². The Bertz CT molecular complexity index is 1150. The number of rotatable bonds is 13. The summed E-state index contributed by atoms with van der Waals surface area (Å²) >= 11 is 0. The van der Waals surface area contributed by atoms with Crippen molar-refractivity contribution in [2.45, 2.75) is 44.6 Å². The van der Waals surface area contributed by atoms with Crippen LogP contribution >= 0.6 is 0 Å². The number of benzene rings is 1. The van der Waals surface area contributed by atoms with E-state index in [-0.39, 0.29) is 51.1 Å². The van der Waals surface area contributed by atoms with Crippen LogP contribution in [0.5, 0.6) is 17.2 Å². The van der Waals surface area contributed by atoms with E-state index in [1.165, 1.54) is 16.9 Å². The lowest BCUT2D eigenvalue weighted by atomic mass is 9.84. The summed E-state index contributed by atoms with van der Waals surface area (Å²) in [5.41, 5.74) is 6.47. The van der Waals surface area contributed by atoms with Crippen molar-refractivity contribution < 1.29 is 38.5 Å². The standard InChI is InChI=1S/C28H41N5O8/c1-4-5-9-31(12-8-29)24(35)16-32-15-19(18-13-21(39-3)26-22(14-18)40-17-41-26)25(27(36)37)20(32)6-11-33-23(34)7-10-30(2)28(33)38/h13-14,19-20,25H,4-12,15-17,29H2,1-3H3,(H,36,37)/t19-,20+,25-/m1/s1. The largest absolute Gasteiger partial charge is 0.493 e. The Kier molecular flexibility index (Phi) is 9.92. The van der Waals surface area contributed by atoms with Gasteiger partial charge in [-0.1, -0.05) is 13.3 Å². The molecule has 1 aromatic carbocycles. The fraction of sp³-hybridized carbons (Fsp3) is 0.643. The molecule has 0 unspecified atom stereocenters. The fourth-order valence-corrected chi connectivity index (χ4v) is 5.98. The van der Waals surface area contributed by atoms with Gasteiger partial charge in [0.05, 0.1) is 19.6 Å². The summed E-state index contributed by atoms with van der Waals surface area (Å²) in [5.74, 6) is -1.50. The van der Waals surface area contributed by atoms with Gasteiger partial charge in [0.1, 0.15) is 0 Å². The van der Waals surface area contributed by atoms with Gasteiger partial charge in [-0.2, -0.15) is 0 Å². The van der Waals surface area contributed by atoms with Gasteiger partial charge >= 0.3 is 12.0 Å². The van der Waals surface area contributed by atoms with Crippen LogP contribution in [0.15, 0.2) is 12.1 Å². The van der Waals surface area contributed by atoms with Gasteiger partial charge in [-0.15, -0.1) is 0 Å². The molecule has 41 heavy (non-hydrogen) atoms. The predicted octanol–water partition coefficient (Wildman–Crippen LogP) is 1.15. The van der Waals surface area contributed by atoms with E-state index in [0.717, 1.165) is 12.8 Å². The summed E-state index contributed by atoms with van der Waals surface area (Å²) in [6.45, 7) is 4.06. The summed E-state index contributed by atoms with van der Waals surface area (Å²) in [6, 6.07) is 2.50. The number of hydrogen-bond donors (Lipinski definition) is 2. The molecule has 226 valence electrons. The van der Waals surface area contributed by atoms with Crippen LogP contribution in [0.1, 0.15) is 44.1 Å². The molecule has 1 aromatic rings. The highest BCUT2D eigenvalue weighted by Crippen LogP contribution is 2.47. The minimum absolute atomic E-state index is 0.00184. The maximum atomic E-state index is 13.5. The molecule has 0 aliphatic carbocycles. The number of amides is 4. The van der Waals surface area contributed by atoms with Crippen LogP contribution in [0.25, 0.3) is 0 Å². The molecule has 3 aliphatic heterocycles. The summed E-state index contributed by atoms with van der Waals surface area (Å²) in [6.07, 6.45) is 2.17. The van der Waals surface area contributed by atoms with Crippen molar-refractivity contribution in [3.05, 3.63) is 17.7 Å². The molecule has 3 heterocycles. The number of carboxylic acid groups (broad SMARTS) is 1. The second kappa shape index (κ2) is 13.4. The Morgan fingerprint density at radius 2 is 2.00 bits per heavy atom. The number of carbonyl (C=O) groups excluding carboxylic acids is 3. The molecule has 2 saturated heterocycles. The van der Waals surface area contributed by atoms with Gasteiger partial charge in [0.25, 0.3) is 0 Å². The van der Waals surface area contributed by atoms with Crippen LogP contribution in [0.3, 0.4) is 0 Å². The first-order valence-electron chi connectivity index (χ1n) is 14.2. The lowest BCUT2D eigenvalue weighted by Crippen LogP contribution is -2.52. The molecule has 0 radical (unpaired) electrons. The Balaban J connectivity index is 1.65. The van der Waals surface area contributed by atoms with E-state index in [0.29, 0.717) is 49.0 Å². The third-order valence-corrected chi connectivity index (χ3v) is 8.18. The van der Waals surface area contributed by atoms with E-state index in [2.05, 4.69) is 0 Å². The zero-order valence-electron chi connectivity index (χ0n) is 24.0. The van der Waals surface area contributed by atoms with Gasteiger partial charge in [0, 0.05) is 64.7 Å². The lowest BCUT2D eigenvalue weighted by Gasteiger charge is -2.34. The van der Waals surface area contributed by atoms with Gasteiger partial charge < -0.3 is 34.9 Å². The third kappa shape index (κ3) is 6.51. The van der Waals surface area contributed by atoms with Crippen LogP contribution in [0, 0.1) is 5.92 Å². The number of unbranched alkanes of at least 4 members (excludes halogenated alkanes) is 1. The van der Waals surface area contributed by atoms with Crippen molar-refractivity contribution >= 4 is 23.8 Å². The smallest absolute Gasteiger partial charge is 0.326 e. The molecule has 3 N–H and O–H groups in total. The quantitative estimate of drug-likeness (QED) is 0.350. The van der Waals surface area contributed by atoms with Crippen molar-refractivity contribution in [3.8, 4) is 17.2 Å². The Morgan fingerprint density at radius 1 is 1.22 bits per heavy atom. The summed E-state index contributed by atoms with van der Waals surface area (Å²) in [5, 5.41) is 10.5. The minimum Gasteiger partial charge on any atom is -0.493 e. The molecular formula is C28H41N5O8. The van der Waals surface area contributed by atoms with Crippen molar-refractivity contribution in [1.29, 1.82) is 0 Å². The molecule has 0 spiro atoms. The number of carbonyl (C=O) groups is 4. The molecule has 0 saturated carbocycles. The number of ether oxygens (including phenoxy) is 3. The summed E-state index contributed by atoms with van der Waals surface area (Å²) < 4.78 is 16.6. The highest BCUT2D eigenvalue weighted by molar-refractivity contribution is 5.96. The number of aliphatic carboxylic acids is 1. The van der Waals surface area contributed by atoms with E-state index in [4.69, 9.17) is 19.9 Å². The zero-order chi connectivity index (χ0) is 29.7. The summed E-state index contributed by atoms with van der Waals surface area (Å²) in [4.78, 5) is 57.9. The number of nitrogens with zero attached hydrogens (tertiary/aromatic N) is 4. The van der Waals surface area contributed by atoms with E-state index in [1.54, 1.807) is 24.1 Å². The van der Waals surface area contributed by atoms with Crippen LogP contribution in [0.4, 0.5) is 4.79 Å². The van der Waals surface area contributed by atoms with E-state index in [1.807, 2.05) is 11.8 Å². The van der Waals surface area contributed by atoms with Crippen molar-refractivity contribution in [2.24, 2.45) is 11.7 Å². The molecule has 3 atom stereocenters. The molecule has 13 nitrogen and oxygen atoms in total. The maximum absolute atomic E-state index is 13.5. The zero-order valence-corrected chi connectivity index (χ0v) is 24.0. The van der Waals surface area contributed by atoms with Crippen molar-refractivity contribution in [3.63, 3.8) is 0 Å². The third-order valence-electron chi connectivity index (χ3n) is 8.18. The molecule has 4 amide bonds. The fourth-order valence-electron chi connectivity index (χ4n) is 5.98. The Morgan fingerprint density at radius 3 is 2.68 bits per heavy atom. The first kappa shape index (κ1) is 30.4. The SMILES string of the molecule is CCCCN(CCN)C(=O)CN1C[C@H](c2cc(OC)c3c(c2)OCO3)[C@@H](C(=O)O)[C@@H]1CCN1C(=O)CCN(C)C1=O. The number of hydrogen-bond acceptors (Lipinski definition) is 9. The molecule has 13 heteroatoms. The number of methoxy groups -OCH3 is 1. The highest BCUT2D eigenvalue weighted by Gasteiger charge is 2.48. The summed E-state index contributed by atoms with van der Waals surface area (Å²) in [7, 11) is 3.14. The van der Waals surface area contributed by atoms with Crippen LogP contribution in [-0.2, 0) is 14.4 Å². The number of nitrogens with two attached hydrogens (primary N) is 1. The lowest BCUT2D eigenvalue weighted by molar-refractivity contribution is -0.144. The molecular weight excluding hydrogens is 534 g/mol. The average molecular weight is 576 g/mol. The van der Waals surface area contributed by atoms with Crippen molar-refractivity contribution in [2.75, 3.05) is 66.8 Å². The molecule has 2 fully saturated rings. The topological polar surface area (TPSA) is 155 Å². The first-order valence-corrected chi connectivity index (χ1v) is 14.2. The van der Waals surface area contributed by atoms with Crippen molar-refractivity contribution in [1.82, 2.24) is 19.6 Å². The Hall–Kier alpha value is -3.58. The number of imide groups is 1. The number of likely N-dealkylation sites (tertiary alicyclic amines) is 1. The van der Waals surface area contributed by atoms with E-state index >= 15 is 0 Å². The minimum atomic E-state index is -1.02. The van der Waals surface area contributed by atoms with E-state index < -0.39 is 29.9 Å². The monoisotopic (exact) mass is 575 g/mol. The van der Waals surface area contributed by atoms with Gasteiger partial charge in [0.2, 0.25) is 24.4 Å². The van der Waals surface area contributed by atoms with Gasteiger partial charge in [-0.3, -0.25) is 24.2 Å². The number of urea groups is 1. The number of fused-ring (bicyclic) bond motifs is 1. The predicted molar refractivity (Wildman–Crippen MR) is 148 cm³/mol. The second-order valence-electron chi connectivity index (χ2n) is 10.7. The maximum Gasteiger partial charge on any atom is 0.326 e. The van der Waals surface area contributed by atoms with Gasteiger partial charge in [0.15, 0.2) is 11.5 Å². The molecule has 4 rings (SSSR count). The number of carboxylic acids is 1. The van der Waals surface area contributed by atoms with Crippen LogP contribution < -0.4 is 19.9 Å². The first-order chi connectivity index (χ1) is 19.7. The van der Waals surface area contributed by atoms with Gasteiger partial charge in [-0.25, -0.2) is 4.79 Å². The van der Waals surface area contributed by atoms with Crippen LogP contribution in [0.2, 0.25) is 0 Å². The average Bonchev–Trinajstić information content (AvgIpc) is 3.57. The second-order valence-corrected chi connectivity index (χ2v) is 10.7. The molecule has 0 aromatic heterocycles. The van der Waals surface area contributed by atoms with E-state index in [9.17, 15) is 24.3 Å². The van der Waals surface area contributed by atoms with Gasteiger partial charge in [-0.05, 0) is 30.5 Å². The molecule has 3 aliphatic rings.